The van der Waals surface area contributed by atoms with Gasteiger partial charge in [0.2, 0.25) is 5.95 Å². The Morgan fingerprint density at radius 2 is 1.81 bits per heavy atom. The van der Waals surface area contributed by atoms with Crippen LogP contribution in [-0.2, 0) is 4.74 Å². The van der Waals surface area contributed by atoms with Crippen LogP contribution in [0.3, 0.4) is 0 Å². The maximum absolute atomic E-state index is 13.6. The van der Waals surface area contributed by atoms with E-state index in [0.29, 0.717) is 23.9 Å². The van der Waals surface area contributed by atoms with Gasteiger partial charge in [0.05, 0.1) is 12.1 Å². The van der Waals surface area contributed by atoms with E-state index in [-0.39, 0.29) is 29.9 Å². The summed E-state index contributed by atoms with van der Waals surface area (Å²) in [5.74, 6) is 1.01. The molecule has 6 nitrogen and oxygen atoms in total. The molecule has 1 saturated heterocycles. The maximum Gasteiger partial charge on any atom is 0.415 e. The summed E-state index contributed by atoms with van der Waals surface area (Å²) < 4.78 is 18.8. The number of ether oxygens (including phenoxy) is 1. The highest BCUT2D eigenvalue weighted by atomic mass is 19.1. The molecule has 2 heterocycles. The third kappa shape index (κ3) is 4.42. The van der Waals surface area contributed by atoms with Gasteiger partial charge in [0.25, 0.3) is 0 Å². The Bertz CT molecular complexity index is 1120. The minimum absolute atomic E-state index is 0.0506. The zero-order chi connectivity index (χ0) is 22.8. The molecule has 1 aromatic heterocycles. The van der Waals surface area contributed by atoms with Crippen LogP contribution in [0.25, 0.3) is 11.1 Å². The van der Waals surface area contributed by atoms with Gasteiger partial charge >= 0.3 is 6.09 Å². The fourth-order valence-corrected chi connectivity index (χ4v) is 3.81. The van der Waals surface area contributed by atoms with E-state index in [9.17, 15) is 9.18 Å². The SMILES string of the molecule is Cc1cc(-c2ccc([C@H](C)Nc3nccc(N4C(=O)OC[C@@H]4C(C)C)n3)cc2)ccc1F. The predicted octanol–water partition coefficient (Wildman–Crippen LogP) is 5.75. The van der Waals surface area contributed by atoms with E-state index >= 15 is 0 Å². The highest BCUT2D eigenvalue weighted by molar-refractivity contribution is 5.89. The van der Waals surface area contributed by atoms with Crippen LogP contribution in [0.1, 0.15) is 37.9 Å². The summed E-state index contributed by atoms with van der Waals surface area (Å²) in [6.07, 6.45) is 1.26. The van der Waals surface area contributed by atoms with Gasteiger partial charge in [-0.2, -0.15) is 4.98 Å². The topological polar surface area (TPSA) is 67.4 Å². The van der Waals surface area contributed by atoms with Crippen LogP contribution in [0.4, 0.5) is 21.0 Å². The van der Waals surface area contributed by atoms with Crippen molar-refractivity contribution >= 4 is 17.9 Å². The number of nitrogens with zero attached hydrogens (tertiary/aromatic N) is 3. The number of aryl methyl sites for hydroxylation is 1. The molecule has 166 valence electrons. The molecule has 0 radical (unpaired) electrons. The summed E-state index contributed by atoms with van der Waals surface area (Å²) in [4.78, 5) is 22.7. The quantitative estimate of drug-likeness (QED) is 0.535. The molecule has 2 aromatic carbocycles. The van der Waals surface area contributed by atoms with Gasteiger partial charge in [-0.15, -0.1) is 0 Å². The lowest BCUT2D eigenvalue weighted by Crippen LogP contribution is -2.37. The Hall–Kier alpha value is -3.48. The van der Waals surface area contributed by atoms with Crippen molar-refractivity contribution in [3.8, 4) is 11.1 Å². The molecule has 4 rings (SSSR count). The normalized spacial score (nSPS) is 16.9. The van der Waals surface area contributed by atoms with E-state index in [2.05, 4.69) is 29.1 Å². The van der Waals surface area contributed by atoms with Crippen LogP contribution >= 0.6 is 0 Å². The summed E-state index contributed by atoms with van der Waals surface area (Å²) in [5, 5.41) is 3.31. The van der Waals surface area contributed by atoms with E-state index in [1.54, 1.807) is 30.2 Å². The number of nitrogens with one attached hydrogen (secondary N) is 1. The molecule has 0 aliphatic carbocycles. The number of rotatable bonds is 6. The first-order valence-electron chi connectivity index (χ1n) is 10.8. The lowest BCUT2D eigenvalue weighted by molar-refractivity contribution is 0.177. The van der Waals surface area contributed by atoms with Gasteiger partial charge in [-0.05, 0) is 60.2 Å². The molecule has 0 spiro atoms. The molecule has 1 N–H and O–H groups in total. The standard InChI is InChI=1S/C25H27FN4O2/c1-15(2)22-14-32-25(31)30(22)23-11-12-27-24(29-23)28-17(4)18-5-7-19(8-6-18)20-9-10-21(26)16(3)13-20/h5-13,15,17,22H,14H2,1-4H3,(H,27,28,29)/t17-,22+/m0/s1. The monoisotopic (exact) mass is 434 g/mol. The summed E-state index contributed by atoms with van der Waals surface area (Å²) in [6.45, 7) is 8.25. The number of cyclic esters (lactones) is 1. The Labute approximate surface area is 187 Å². The number of anilines is 2. The van der Waals surface area contributed by atoms with Crippen molar-refractivity contribution in [2.45, 2.75) is 39.8 Å². The largest absolute Gasteiger partial charge is 0.447 e. The minimum atomic E-state index is -0.381. The van der Waals surface area contributed by atoms with Crippen LogP contribution in [0.15, 0.2) is 54.7 Å². The van der Waals surface area contributed by atoms with Crippen molar-refractivity contribution in [3.05, 3.63) is 71.7 Å². The molecule has 0 saturated carbocycles. The highest BCUT2D eigenvalue weighted by Crippen LogP contribution is 2.28. The molecular formula is C25H27FN4O2. The second kappa shape index (κ2) is 8.94. The zero-order valence-corrected chi connectivity index (χ0v) is 18.7. The molecule has 0 unspecified atom stereocenters. The fraction of sp³-hybridized carbons (Fsp3) is 0.320. The van der Waals surface area contributed by atoms with Gasteiger partial charge in [-0.1, -0.05) is 44.2 Å². The lowest BCUT2D eigenvalue weighted by atomic mass is 10.00. The first kappa shape index (κ1) is 21.7. The highest BCUT2D eigenvalue weighted by Gasteiger charge is 2.37. The molecule has 0 bridgehead atoms. The molecule has 2 atom stereocenters. The molecule has 1 fully saturated rings. The zero-order valence-electron chi connectivity index (χ0n) is 18.7. The summed E-state index contributed by atoms with van der Waals surface area (Å²) >= 11 is 0. The van der Waals surface area contributed by atoms with E-state index in [4.69, 9.17) is 4.74 Å². The number of carbonyl (C=O) groups is 1. The molecule has 32 heavy (non-hydrogen) atoms. The third-order valence-electron chi connectivity index (χ3n) is 5.81. The predicted molar refractivity (Wildman–Crippen MR) is 123 cm³/mol. The van der Waals surface area contributed by atoms with Crippen molar-refractivity contribution in [2.75, 3.05) is 16.8 Å². The van der Waals surface area contributed by atoms with Crippen molar-refractivity contribution in [2.24, 2.45) is 5.92 Å². The van der Waals surface area contributed by atoms with Crippen molar-refractivity contribution in [1.82, 2.24) is 9.97 Å². The number of amides is 1. The Balaban J connectivity index is 1.49. The van der Waals surface area contributed by atoms with Gasteiger partial charge in [-0.25, -0.2) is 14.2 Å². The number of aromatic nitrogens is 2. The fourth-order valence-electron chi connectivity index (χ4n) is 3.81. The second-order valence-electron chi connectivity index (χ2n) is 8.45. The van der Waals surface area contributed by atoms with E-state index in [1.165, 1.54) is 6.07 Å². The summed E-state index contributed by atoms with van der Waals surface area (Å²) in [6, 6.07) is 14.8. The number of benzene rings is 2. The van der Waals surface area contributed by atoms with Crippen molar-refractivity contribution in [3.63, 3.8) is 0 Å². The second-order valence-corrected chi connectivity index (χ2v) is 8.45. The van der Waals surface area contributed by atoms with Crippen LogP contribution in [0.2, 0.25) is 0 Å². The minimum Gasteiger partial charge on any atom is -0.447 e. The first-order valence-corrected chi connectivity index (χ1v) is 10.8. The van der Waals surface area contributed by atoms with E-state index < -0.39 is 0 Å². The maximum atomic E-state index is 13.6. The summed E-state index contributed by atoms with van der Waals surface area (Å²) in [7, 11) is 0. The van der Waals surface area contributed by atoms with Crippen LogP contribution in [0.5, 0.6) is 0 Å². The first-order chi connectivity index (χ1) is 15.3. The van der Waals surface area contributed by atoms with Gasteiger partial charge in [-0.3, -0.25) is 4.90 Å². The number of halogens is 1. The van der Waals surface area contributed by atoms with Crippen LogP contribution in [0, 0.1) is 18.7 Å². The van der Waals surface area contributed by atoms with Crippen LogP contribution < -0.4 is 10.2 Å². The molecular weight excluding hydrogens is 407 g/mol. The number of hydrogen-bond acceptors (Lipinski definition) is 5. The molecule has 1 amide bonds. The smallest absolute Gasteiger partial charge is 0.415 e. The average Bonchev–Trinajstić information content (AvgIpc) is 3.18. The van der Waals surface area contributed by atoms with Gasteiger partial charge < -0.3 is 10.1 Å². The van der Waals surface area contributed by atoms with E-state index in [1.807, 2.05) is 37.3 Å². The van der Waals surface area contributed by atoms with Crippen molar-refractivity contribution in [1.29, 1.82) is 0 Å². The average molecular weight is 435 g/mol. The van der Waals surface area contributed by atoms with Gasteiger partial charge in [0, 0.05) is 6.20 Å². The molecule has 1 aliphatic rings. The Kier molecular flexibility index (Phi) is 6.08. The van der Waals surface area contributed by atoms with Crippen molar-refractivity contribution < 1.29 is 13.9 Å². The molecule has 7 heteroatoms. The number of hydrogen-bond donors (Lipinski definition) is 1. The molecule has 3 aromatic rings. The molecule has 1 aliphatic heterocycles. The van der Waals surface area contributed by atoms with Crippen LogP contribution in [-0.4, -0.2) is 28.7 Å². The summed E-state index contributed by atoms with van der Waals surface area (Å²) in [5.41, 5.74) is 3.68. The van der Waals surface area contributed by atoms with E-state index in [0.717, 1.165) is 16.7 Å². The third-order valence-corrected chi connectivity index (χ3v) is 5.81. The Morgan fingerprint density at radius 1 is 1.09 bits per heavy atom. The van der Waals surface area contributed by atoms with Gasteiger partial charge in [0.1, 0.15) is 18.2 Å². The van der Waals surface area contributed by atoms with Gasteiger partial charge in [0.15, 0.2) is 0 Å². The lowest BCUT2D eigenvalue weighted by Gasteiger charge is -2.23. The number of carbonyl (C=O) groups excluding carboxylic acids is 1. The Morgan fingerprint density at radius 3 is 2.50 bits per heavy atom.